The van der Waals surface area contributed by atoms with E-state index in [9.17, 15) is 21.6 Å². The molecule has 2 N–H and O–H groups in total. The summed E-state index contributed by atoms with van der Waals surface area (Å²) < 4.78 is 70.0. The fourth-order valence-electron chi connectivity index (χ4n) is 3.44. The first-order valence-corrected chi connectivity index (χ1v) is 11.7. The van der Waals surface area contributed by atoms with Gasteiger partial charge in [0.2, 0.25) is 10.0 Å². The van der Waals surface area contributed by atoms with Gasteiger partial charge in [-0.3, -0.25) is 0 Å². The molecule has 0 aliphatic carbocycles. The third-order valence-corrected chi connectivity index (χ3v) is 6.89. The molecule has 0 aliphatic heterocycles. The van der Waals surface area contributed by atoms with Gasteiger partial charge in [-0.25, -0.2) is 13.1 Å². The highest BCUT2D eigenvalue weighted by molar-refractivity contribution is 7.89. The summed E-state index contributed by atoms with van der Waals surface area (Å²) in [6.45, 7) is -0.145. The SMILES string of the molecule is O=S(=O)(NCCc1ccccc1OC(F)(F)F)c1cc(-c2cc3ccccc3[nH]2)ccc1Cl. The molecular formula is C23H18ClF3N2O3S. The number of benzene rings is 3. The standard InChI is InChI=1S/C23H18ClF3N2O3S/c24-18-10-9-17(20-13-16-6-1-3-7-19(16)29-20)14-22(18)33(30,31)28-12-11-15-5-2-4-8-21(15)32-23(25,26)27/h1-10,13-14,28-29H,11-12H2. The maximum Gasteiger partial charge on any atom is 0.573 e. The van der Waals surface area contributed by atoms with Crippen LogP contribution in [0.25, 0.3) is 22.2 Å². The first-order chi connectivity index (χ1) is 15.6. The van der Waals surface area contributed by atoms with Gasteiger partial charge in [0.05, 0.1) is 5.02 Å². The average molecular weight is 495 g/mol. The lowest BCUT2D eigenvalue weighted by atomic mass is 10.1. The van der Waals surface area contributed by atoms with Gasteiger partial charge >= 0.3 is 6.36 Å². The smallest absolute Gasteiger partial charge is 0.406 e. The Balaban J connectivity index is 1.53. The normalized spacial score (nSPS) is 12.2. The quantitative estimate of drug-likeness (QED) is 0.335. The van der Waals surface area contributed by atoms with Crippen molar-refractivity contribution in [2.24, 2.45) is 0 Å². The lowest BCUT2D eigenvalue weighted by Crippen LogP contribution is -2.26. The van der Waals surface area contributed by atoms with Gasteiger partial charge in [-0.15, -0.1) is 13.2 Å². The molecule has 0 fully saturated rings. The van der Waals surface area contributed by atoms with Gasteiger partial charge in [0.15, 0.2) is 0 Å². The van der Waals surface area contributed by atoms with E-state index in [1.807, 2.05) is 30.3 Å². The number of fused-ring (bicyclic) bond motifs is 1. The van der Waals surface area contributed by atoms with E-state index in [-0.39, 0.29) is 34.2 Å². The van der Waals surface area contributed by atoms with Crippen LogP contribution in [-0.2, 0) is 16.4 Å². The van der Waals surface area contributed by atoms with Crippen molar-refractivity contribution in [3.63, 3.8) is 0 Å². The number of halogens is 4. The third kappa shape index (κ3) is 5.50. The average Bonchev–Trinajstić information content (AvgIpc) is 3.18. The molecule has 0 spiro atoms. The number of H-pyrrole nitrogens is 1. The van der Waals surface area contributed by atoms with Crippen LogP contribution in [0.15, 0.2) is 77.7 Å². The lowest BCUT2D eigenvalue weighted by molar-refractivity contribution is -0.274. The summed E-state index contributed by atoms with van der Waals surface area (Å²) in [4.78, 5) is 3.11. The molecule has 0 amide bonds. The van der Waals surface area contributed by atoms with Crippen molar-refractivity contribution in [3.8, 4) is 17.0 Å². The van der Waals surface area contributed by atoms with Crippen molar-refractivity contribution >= 4 is 32.5 Å². The van der Waals surface area contributed by atoms with E-state index in [4.69, 9.17) is 11.6 Å². The Labute approximate surface area is 193 Å². The molecular weight excluding hydrogens is 477 g/mol. The Kier molecular flexibility index (Phi) is 6.38. The first kappa shape index (κ1) is 23.2. The number of aromatic amines is 1. The molecule has 4 rings (SSSR count). The minimum Gasteiger partial charge on any atom is -0.406 e. The minimum atomic E-state index is -4.84. The zero-order valence-electron chi connectivity index (χ0n) is 17.0. The first-order valence-electron chi connectivity index (χ1n) is 9.83. The number of hydrogen-bond acceptors (Lipinski definition) is 3. The molecule has 1 heterocycles. The maximum absolute atomic E-state index is 12.9. The van der Waals surface area contributed by atoms with Gasteiger partial charge in [0.25, 0.3) is 0 Å². The van der Waals surface area contributed by atoms with E-state index < -0.39 is 16.4 Å². The van der Waals surface area contributed by atoms with Gasteiger partial charge in [0, 0.05) is 23.1 Å². The largest absolute Gasteiger partial charge is 0.573 e. The second-order valence-corrected chi connectivity index (χ2v) is 9.36. The molecule has 1 aromatic heterocycles. The van der Waals surface area contributed by atoms with Crippen LogP contribution in [0.1, 0.15) is 5.56 Å². The van der Waals surface area contributed by atoms with Crippen molar-refractivity contribution in [1.29, 1.82) is 0 Å². The summed E-state index contributed by atoms with van der Waals surface area (Å²) in [5.41, 5.74) is 2.47. The Morgan fingerprint density at radius 3 is 2.45 bits per heavy atom. The Morgan fingerprint density at radius 1 is 0.970 bits per heavy atom. The van der Waals surface area contributed by atoms with Crippen LogP contribution in [0, 0.1) is 0 Å². The number of hydrogen-bond donors (Lipinski definition) is 2. The third-order valence-electron chi connectivity index (χ3n) is 4.95. The summed E-state index contributed by atoms with van der Waals surface area (Å²) in [7, 11) is -4.03. The van der Waals surface area contributed by atoms with Gasteiger partial charge in [-0.05, 0) is 47.9 Å². The summed E-state index contributed by atoms with van der Waals surface area (Å²) in [5.74, 6) is -0.372. The highest BCUT2D eigenvalue weighted by atomic mass is 35.5. The number of sulfonamides is 1. The van der Waals surface area contributed by atoms with Gasteiger partial charge in [-0.1, -0.05) is 54.1 Å². The van der Waals surface area contributed by atoms with Gasteiger partial charge < -0.3 is 9.72 Å². The fourth-order valence-corrected chi connectivity index (χ4v) is 4.99. The predicted octanol–water partition coefficient (Wildman–Crippen LogP) is 5.91. The monoisotopic (exact) mass is 494 g/mol. The van der Waals surface area contributed by atoms with Crippen LogP contribution >= 0.6 is 11.6 Å². The topological polar surface area (TPSA) is 71.2 Å². The molecule has 0 saturated heterocycles. The van der Waals surface area contributed by atoms with Gasteiger partial charge in [0.1, 0.15) is 10.6 Å². The molecule has 0 unspecified atom stereocenters. The van der Waals surface area contributed by atoms with E-state index >= 15 is 0 Å². The molecule has 5 nitrogen and oxygen atoms in total. The van der Waals surface area contributed by atoms with Crippen molar-refractivity contribution in [2.45, 2.75) is 17.7 Å². The molecule has 0 atom stereocenters. The van der Waals surface area contributed by atoms with Crippen LogP contribution in [0.2, 0.25) is 5.02 Å². The predicted molar refractivity (Wildman–Crippen MR) is 121 cm³/mol. The van der Waals surface area contributed by atoms with Crippen molar-refractivity contribution < 1.29 is 26.3 Å². The molecule has 0 saturated carbocycles. The Hall–Kier alpha value is -3.01. The molecule has 172 valence electrons. The molecule has 0 aliphatic rings. The Bertz CT molecular complexity index is 1370. The second-order valence-electron chi connectivity index (χ2n) is 7.22. The van der Waals surface area contributed by atoms with E-state index in [1.54, 1.807) is 12.1 Å². The Morgan fingerprint density at radius 2 is 1.70 bits per heavy atom. The fraction of sp³-hybridized carbons (Fsp3) is 0.130. The molecule has 33 heavy (non-hydrogen) atoms. The zero-order chi connectivity index (χ0) is 23.6. The van der Waals surface area contributed by atoms with E-state index in [0.29, 0.717) is 5.56 Å². The molecule has 4 aromatic rings. The van der Waals surface area contributed by atoms with E-state index in [1.165, 1.54) is 30.3 Å². The van der Waals surface area contributed by atoms with Gasteiger partial charge in [-0.2, -0.15) is 0 Å². The molecule has 10 heteroatoms. The van der Waals surface area contributed by atoms with E-state index in [0.717, 1.165) is 16.6 Å². The highest BCUT2D eigenvalue weighted by Gasteiger charge is 2.32. The molecule has 0 bridgehead atoms. The van der Waals surface area contributed by atoms with Crippen LogP contribution < -0.4 is 9.46 Å². The lowest BCUT2D eigenvalue weighted by Gasteiger charge is -2.14. The maximum atomic E-state index is 12.9. The number of alkyl halides is 3. The van der Waals surface area contributed by atoms with Crippen LogP contribution in [0.4, 0.5) is 13.2 Å². The molecule has 0 radical (unpaired) electrons. The summed E-state index contributed by atoms with van der Waals surface area (Å²) >= 11 is 6.17. The highest BCUT2D eigenvalue weighted by Crippen LogP contribution is 2.30. The zero-order valence-corrected chi connectivity index (χ0v) is 18.6. The number of para-hydroxylation sites is 2. The number of ether oxygens (including phenoxy) is 1. The summed E-state index contributed by atoms with van der Waals surface area (Å²) in [5, 5.41) is 1.01. The van der Waals surface area contributed by atoms with Crippen molar-refractivity contribution in [1.82, 2.24) is 9.71 Å². The van der Waals surface area contributed by atoms with Crippen molar-refractivity contribution in [3.05, 3.63) is 83.4 Å². The number of aromatic nitrogens is 1. The van der Waals surface area contributed by atoms with E-state index in [2.05, 4.69) is 14.4 Å². The van der Waals surface area contributed by atoms with Crippen LogP contribution in [-0.4, -0.2) is 26.3 Å². The number of nitrogens with one attached hydrogen (secondary N) is 2. The molecule has 3 aromatic carbocycles. The number of rotatable bonds is 7. The second kappa shape index (κ2) is 9.09. The van der Waals surface area contributed by atoms with Crippen LogP contribution in [0.5, 0.6) is 5.75 Å². The minimum absolute atomic E-state index is 0.00912. The van der Waals surface area contributed by atoms with Crippen LogP contribution in [0.3, 0.4) is 0 Å². The summed E-state index contributed by atoms with van der Waals surface area (Å²) in [6, 6.07) is 19.8. The summed E-state index contributed by atoms with van der Waals surface area (Å²) in [6.07, 6.45) is -4.85. The van der Waals surface area contributed by atoms with Crippen molar-refractivity contribution in [2.75, 3.05) is 6.54 Å².